The standard InChI is InChI=1S/C9H12IN3/c1-6-2-7(3-6)13-9-8(10)4-11-5-12-9/h4-7H,2-3H2,1H3,(H,11,12,13). The summed E-state index contributed by atoms with van der Waals surface area (Å²) in [4.78, 5) is 8.15. The lowest BCUT2D eigenvalue weighted by molar-refractivity contribution is 0.308. The van der Waals surface area contributed by atoms with Gasteiger partial charge < -0.3 is 5.32 Å². The van der Waals surface area contributed by atoms with Crippen molar-refractivity contribution in [3.05, 3.63) is 16.1 Å². The molecule has 70 valence electrons. The van der Waals surface area contributed by atoms with E-state index in [1.54, 1.807) is 6.33 Å². The Bertz CT molecular complexity index is 297. The summed E-state index contributed by atoms with van der Waals surface area (Å²) in [7, 11) is 0. The normalized spacial score (nSPS) is 26.6. The van der Waals surface area contributed by atoms with Crippen LogP contribution in [0.2, 0.25) is 0 Å². The number of hydrogen-bond acceptors (Lipinski definition) is 3. The first kappa shape index (κ1) is 9.18. The van der Waals surface area contributed by atoms with Crippen molar-refractivity contribution in [1.29, 1.82) is 0 Å². The summed E-state index contributed by atoms with van der Waals surface area (Å²) in [5.41, 5.74) is 0. The topological polar surface area (TPSA) is 37.8 Å². The van der Waals surface area contributed by atoms with Crippen LogP contribution in [0.1, 0.15) is 19.8 Å². The van der Waals surface area contributed by atoms with Gasteiger partial charge in [-0.2, -0.15) is 0 Å². The molecule has 1 heterocycles. The van der Waals surface area contributed by atoms with Crippen LogP contribution in [-0.4, -0.2) is 16.0 Å². The minimum Gasteiger partial charge on any atom is -0.366 e. The lowest BCUT2D eigenvalue weighted by atomic mass is 9.82. The van der Waals surface area contributed by atoms with Crippen LogP contribution < -0.4 is 5.32 Å². The molecule has 0 aliphatic heterocycles. The van der Waals surface area contributed by atoms with E-state index in [9.17, 15) is 0 Å². The maximum atomic E-state index is 4.20. The van der Waals surface area contributed by atoms with Crippen molar-refractivity contribution in [2.45, 2.75) is 25.8 Å². The fourth-order valence-corrected chi connectivity index (χ4v) is 2.09. The van der Waals surface area contributed by atoms with Gasteiger partial charge in [-0.1, -0.05) is 6.92 Å². The van der Waals surface area contributed by atoms with Gasteiger partial charge in [0.15, 0.2) is 0 Å². The second kappa shape index (κ2) is 3.77. The second-order valence-corrected chi connectivity index (χ2v) is 4.80. The fraction of sp³-hybridized carbons (Fsp3) is 0.556. The van der Waals surface area contributed by atoms with Gasteiger partial charge in [-0.3, -0.25) is 0 Å². The molecule has 1 aromatic heterocycles. The molecule has 0 unspecified atom stereocenters. The molecule has 0 atom stereocenters. The minimum atomic E-state index is 0.624. The molecule has 1 fully saturated rings. The molecule has 0 spiro atoms. The van der Waals surface area contributed by atoms with Crippen molar-refractivity contribution in [3.63, 3.8) is 0 Å². The zero-order valence-electron chi connectivity index (χ0n) is 7.50. The van der Waals surface area contributed by atoms with Crippen LogP contribution in [0.5, 0.6) is 0 Å². The highest BCUT2D eigenvalue weighted by Crippen LogP contribution is 2.29. The average molecular weight is 289 g/mol. The molecule has 0 radical (unpaired) electrons. The maximum Gasteiger partial charge on any atom is 0.143 e. The lowest BCUT2D eigenvalue weighted by Crippen LogP contribution is -2.34. The molecule has 1 N–H and O–H groups in total. The molecule has 0 amide bonds. The number of anilines is 1. The highest BCUT2D eigenvalue weighted by atomic mass is 127. The van der Waals surface area contributed by atoms with E-state index in [0.29, 0.717) is 6.04 Å². The Morgan fingerprint density at radius 2 is 2.31 bits per heavy atom. The van der Waals surface area contributed by atoms with E-state index in [1.807, 2.05) is 6.20 Å². The van der Waals surface area contributed by atoms with Crippen LogP contribution in [0.4, 0.5) is 5.82 Å². The molecule has 2 rings (SSSR count). The summed E-state index contributed by atoms with van der Waals surface area (Å²) in [6, 6.07) is 0.624. The number of halogens is 1. The first-order chi connectivity index (χ1) is 6.25. The van der Waals surface area contributed by atoms with Gasteiger partial charge in [0.25, 0.3) is 0 Å². The van der Waals surface area contributed by atoms with Gasteiger partial charge in [-0.15, -0.1) is 0 Å². The molecule has 4 heteroatoms. The summed E-state index contributed by atoms with van der Waals surface area (Å²) in [5, 5.41) is 3.42. The predicted molar refractivity (Wildman–Crippen MR) is 60.6 cm³/mol. The summed E-state index contributed by atoms with van der Waals surface area (Å²) in [5.74, 6) is 1.85. The van der Waals surface area contributed by atoms with E-state index in [4.69, 9.17) is 0 Å². The number of aromatic nitrogens is 2. The largest absolute Gasteiger partial charge is 0.366 e. The number of rotatable bonds is 2. The van der Waals surface area contributed by atoms with E-state index in [-0.39, 0.29) is 0 Å². The maximum absolute atomic E-state index is 4.20. The third-order valence-electron chi connectivity index (χ3n) is 2.38. The molecular weight excluding hydrogens is 277 g/mol. The van der Waals surface area contributed by atoms with E-state index in [2.05, 4.69) is 44.8 Å². The summed E-state index contributed by atoms with van der Waals surface area (Å²) in [6.45, 7) is 2.28. The third kappa shape index (κ3) is 2.10. The van der Waals surface area contributed by atoms with Gasteiger partial charge in [0, 0.05) is 12.2 Å². The molecule has 1 aliphatic rings. The van der Waals surface area contributed by atoms with Crippen molar-refractivity contribution in [2.75, 3.05) is 5.32 Å². The minimum absolute atomic E-state index is 0.624. The zero-order chi connectivity index (χ0) is 9.26. The van der Waals surface area contributed by atoms with Crippen LogP contribution in [0.25, 0.3) is 0 Å². The molecular formula is C9H12IN3. The highest BCUT2D eigenvalue weighted by Gasteiger charge is 2.25. The van der Waals surface area contributed by atoms with Gasteiger partial charge in [-0.05, 0) is 41.4 Å². The summed E-state index contributed by atoms with van der Waals surface area (Å²) >= 11 is 2.25. The van der Waals surface area contributed by atoms with E-state index >= 15 is 0 Å². The first-order valence-electron chi connectivity index (χ1n) is 4.47. The lowest BCUT2D eigenvalue weighted by Gasteiger charge is -2.33. The van der Waals surface area contributed by atoms with E-state index < -0.39 is 0 Å². The Hall–Kier alpha value is -0.390. The highest BCUT2D eigenvalue weighted by molar-refractivity contribution is 14.1. The summed E-state index contributed by atoms with van der Waals surface area (Å²) in [6.07, 6.45) is 5.95. The Kier molecular flexibility index (Phi) is 2.66. The van der Waals surface area contributed by atoms with Crippen molar-refractivity contribution < 1.29 is 0 Å². The van der Waals surface area contributed by atoms with E-state index in [0.717, 1.165) is 15.3 Å². The molecule has 0 bridgehead atoms. The average Bonchev–Trinajstić information content (AvgIpc) is 2.06. The van der Waals surface area contributed by atoms with Gasteiger partial charge in [0.2, 0.25) is 0 Å². The Morgan fingerprint density at radius 1 is 1.54 bits per heavy atom. The van der Waals surface area contributed by atoms with Crippen molar-refractivity contribution in [2.24, 2.45) is 5.92 Å². The van der Waals surface area contributed by atoms with Gasteiger partial charge >= 0.3 is 0 Å². The van der Waals surface area contributed by atoms with Crippen molar-refractivity contribution in [3.8, 4) is 0 Å². The van der Waals surface area contributed by atoms with Crippen LogP contribution in [0.15, 0.2) is 12.5 Å². The molecule has 13 heavy (non-hydrogen) atoms. The monoisotopic (exact) mass is 289 g/mol. The van der Waals surface area contributed by atoms with Gasteiger partial charge in [0.1, 0.15) is 12.1 Å². The Morgan fingerprint density at radius 3 is 2.92 bits per heavy atom. The quantitative estimate of drug-likeness (QED) is 0.849. The SMILES string of the molecule is CC1CC(Nc2ncncc2I)C1. The molecule has 0 aromatic carbocycles. The molecule has 1 saturated carbocycles. The molecule has 1 aliphatic carbocycles. The number of hydrogen-bond donors (Lipinski definition) is 1. The second-order valence-electron chi connectivity index (χ2n) is 3.64. The third-order valence-corrected chi connectivity index (χ3v) is 3.17. The van der Waals surface area contributed by atoms with Crippen LogP contribution in [0, 0.1) is 9.49 Å². The molecule has 3 nitrogen and oxygen atoms in total. The van der Waals surface area contributed by atoms with Crippen molar-refractivity contribution in [1.82, 2.24) is 9.97 Å². The predicted octanol–water partition coefficient (Wildman–Crippen LogP) is 2.29. The Labute approximate surface area is 91.5 Å². The number of nitrogens with zero attached hydrogens (tertiary/aromatic N) is 2. The number of nitrogens with one attached hydrogen (secondary N) is 1. The van der Waals surface area contributed by atoms with Gasteiger partial charge in [0.05, 0.1) is 3.57 Å². The van der Waals surface area contributed by atoms with Crippen molar-refractivity contribution >= 4 is 28.4 Å². The smallest absolute Gasteiger partial charge is 0.143 e. The molecule has 0 saturated heterocycles. The van der Waals surface area contributed by atoms with Crippen LogP contribution >= 0.6 is 22.6 Å². The molecule has 1 aromatic rings. The van der Waals surface area contributed by atoms with Crippen LogP contribution in [0.3, 0.4) is 0 Å². The van der Waals surface area contributed by atoms with E-state index in [1.165, 1.54) is 12.8 Å². The van der Waals surface area contributed by atoms with Gasteiger partial charge in [-0.25, -0.2) is 9.97 Å². The first-order valence-corrected chi connectivity index (χ1v) is 5.55. The zero-order valence-corrected chi connectivity index (χ0v) is 9.65. The summed E-state index contributed by atoms with van der Waals surface area (Å²) < 4.78 is 1.10. The van der Waals surface area contributed by atoms with Crippen LogP contribution in [-0.2, 0) is 0 Å². The Balaban J connectivity index is 1.98. The fourth-order valence-electron chi connectivity index (χ4n) is 1.63.